The van der Waals surface area contributed by atoms with Crippen LogP contribution in [-0.2, 0) is 12.8 Å². The lowest BCUT2D eigenvalue weighted by Gasteiger charge is -2.29. The van der Waals surface area contributed by atoms with Gasteiger partial charge in [0.15, 0.2) is 5.56 Å². The molecule has 0 saturated carbocycles. The first-order chi connectivity index (χ1) is 19.3. The number of unbranched alkanes of at least 4 members (excludes halogenated alkanes) is 1. The third-order valence-electron chi connectivity index (χ3n) is 5.86. The lowest BCUT2D eigenvalue weighted by molar-refractivity contribution is 0.297. The normalized spacial score (nSPS) is 11.9. The predicted octanol–water partition coefficient (Wildman–Crippen LogP) is -1.65. The second-order valence-corrected chi connectivity index (χ2v) is 12.2. The van der Waals surface area contributed by atoms with Crippen molar-refractivity contribution in [2.45, 2.75) is 43.2 Å². The fourth-order valence-electron chi connectivity index (χ4n) is 4.23. The van der Waals surface area contributed by atoms with E-state index in [1.807, 2.05) is 72.2 Å². The van der Waals surface area contributed by atoms with Crippen LogP contribution in [0.1, 0.15) is 37.0 Å². The molecule has 1 N–H and O–H groups in total. The Kier molecular flexibility index (Phi) is 9.06. The molecule has 0 bridgehead atoms. The quantitative estimate of drug-likeness (QED) is 0.215. The number of ether oxygens (including phenoxy) is 2. The molecule has 0 fully saturated rings. The molecule has 0 saturated heterocycles. The van der Waals surface area contributed by atoms with Crippen LogP contribution < -0.4 is 15.0 Å². The van der Waals surface area contributed by atoms with Gasteiger partial charge < -0.3 is 19.0 Å². The summed E-state index contributed by atoms with van der Waals surface area (Å²) in [7, 11) is 11.6. The van der Waals surface area contributed by atoms with Gasteiger partial charge in [-0.05, 0) is 36.2 Å². The summed E-state index contributed by atoms with van der Waals surface area (Å²) in [5, 5.41) is 19.5. The maximum absolute atomic E-state index is 13.4. The largest absolute Gasteiger partial charge is 0.511 e. The number of aryl methyl sites for hydroxylation is 1. The minimum Gasteiger partial charge on any atom is -0.511 e. The van der Waals surface area contributed by atoms with E-state index < -0.39 is 16.2 Å². The summed E-state index contributed by atoms with van der Waals surface area (Å²) in [5.74, 6) is 1.03. The van der Waals surface area contributed by atoms with Crippen molar-refractivity contribution in [3.05, 3.63) is 75.1 Å². The van der Waals surface area contributed by atoms with Crippen molar-refractivity contribution in [3.63, 3.8) is 0 Å². The maximum atomic E-state index is 13.4. The van der Waals surface area contributed by atoms with Gasteiger partial charge in [0.2, 0.25) is 11.8 Å². The van der Waals surface area contributed by atoms with Gasteiger partial charge in [0, 0.05) is 22.0 Å². The molecule has 0 aliphatic heterocycles. The van der Waals surface area contributed by atoms with Crippen LogP contribution in [0.3, 0.4) is 0 Å². The van der Waals surface area contributed by atoms with E-state index in [0.29, 0.717) is 40.9 Å². The molecule has 41 heavy (non-hydrogen) atoms. The first-order valence-electron chi connectivity index (χ1n) is 13.7. The third-order valence-corrected chi connectivity index (χ3v) is 6.11. The summed E-state index contributed by atoms with van der Waals surface area (Å²) < 4.78 is 20.0. The molecule has 206 valence electrons. The molecule has 0 radical (unpaired) electrons. The van der Waals surface area contributed by atoms with Crippen LogP contribution in [-0.4, -0.2) is 82.5 Å². The van der Waals surface area contributed by atoms with Gasteiger partial charge in [0.05, 0.1) is 6.42 Å². The molecule has 0 aliphatic carbocycles. The fourth-order valence-corrected chi connectivity index (χ4v) is 4.35. The summed E-state index contributed by atoms with van der Waals surface area (Å²) in [6.45, 7) is 2.04. The number of rotatable bonds is 11. The fraction of sp³-hybridized carbons (Fsp3) is 0.280. The Morgan fingerprint density at radius 1 is 0.976 bits per heavy atom. The van der Waals surface area contributed by atoms with Crippen LogP contribution in [0.2, 0.25) is 5.02 Å². The Balaban J connectivity index is 1.93. The Morgan fingerprint density at radius 3 is 2.15 bits per heavy atom. The van der Waals surface area contributed by atoms with Crippen LogP contribution >= 0.6 is 11.6 Å². The van der Waals surface area contributed by atoms with Gasteiger partial charge in [0.1, 0.15) is 70.1 Å². The van der Waals surface area contributed by atoms with Crippen molar-refractivity contribution in [3.8, 4) is 34.5 Å². The number of aromatic nitrogens is 4. The van der Waals surface area contributed by atoms with E-state index in [-0.39, 0.29) is 23.2 Å². The lowest BCUT2D eigenvalue weighted by atomic mass is 9.52. The number of hydrogen-bond acceptors (Lipinski definition) is 8. The number of benzene rings is 2. The highest BCUT2D eigenvalue weighted by molar-refractivity contribution is 6.58. The first-order valence-corrected chi connectivity index (χ1v) is 14.1. The molecule has 9 nitrogen and oxygen atoms in total. The molecule has 2 aromatic heterocycles. The zero-order valence-corrected chi connectivity index (χ0v) is 25.4. The van der Waals surface area contributed by atoms with Crippen molar-refractivity contribution in [1.29, 1.82) is 0 Å². The summed E-state index contributed by atoms with van der Waals surface area (Å²) in [6, 6.07) is 12.7. The van der Waals surface area contributed by atoms with Gasteiger partial charge in [-0.3, -0.25) is 9.36 Å². The van der Waals surface area contributed by atoms with Crippen LogP contribution in [0.15, 0.2) is 51.7 Å². The smallest absolute Gasteiger partial charge is 0.289 e. The van der Waals surface area contributed by atoms with Crippen LogP contribution in [0.25, 0.3) is 17.1 Å². The predicted molar refractivity (Wildman–Crippen MR) is 176 cm³/mol. The average Bonchev–Trinajstić information content (AvgIpc) is 3.31. The zero-order valence-electron chi connectivity index (χ0n) is 24.6. The highest BCUT2D eigenvalue weighted by atomic mass is 35.5. The SMILES string of the molecule is BC(B)(B)Oc1cccc(OC(B)(B)B)c1-n1c(CCCC)nc(=O)c(-c2nnc(Cc3ccc(Cl)cc3)o2)c1O. The van der Waals surface area contributed by atoms with Crippen molar-refractivity contribution >= 4 is 58.7 Å². The van der Waals surface area contributed by atoms with E-state index in [1.54, 1.807) is 24.3 Å². The van der Waals surface area contributed by atoms with Gasteiger partial charge in [0.25, 0.3) is 11.4 Å². The van der Waals surface area contributed by atoms with Crippen LogP contribution in [0.4, 0.5) is 0 Å². The molecule has 16 heteroatoms. The Hall–Kier alpha value is -3.46. The minimum atomic E-state index is -0.668. The Bertz CT molecular complexity index is 1550. The second kappa shape index (κ2) is 12.2. The van der Waals surface area contributed by atoms with E-state index in [1.165, 1.54) is 4.57 Å². The van der Waals surface area contributed by atoms with Gasteiger partial charge >= 0.3 is 0 Å². The number of aromatic hydroxyl groups is 1. The molecule has 4 rings (SSSR count). The molecular formula is C25H31B6ClN4O5. The van der Waals surface area contributed by atoms with E-state index in [9.17, 15) is 9.90 Å². The van der Waals surface area contributed by atoms with E-state index >= 15 is 0 Å². The maximum Gasteiger partial charge on any atom is 0.289 e. The molecule has 0 amide bonds. The summed E-state index contributed by atoms with van der Waals surface area (Å²) in [6.07, 6.45) is 2.37. The number of para-hydroxylation sites is 1. The van der Waals surface area contributed by atoms with Crippen LogP contribution in [0.5, 0.6) is 17.4 Å². The van der Waals surface area contributed by atoms with Crippen molar-refractivity contribution in [1.82, 2.24) is 19.7 Å². The highest BCUT2D eigenvalue weighted by Gasteiger charge is 2.29. The second-order valence-electron chi connectivity index (χ2n) is 11.8. The summed E-state index contributed by atoms with van der Waals surface area (Å²) in [4.78, 5) is 17.7. The van der Waals surface area contributed by atoms with Gasteiger partial charge in [-0.1, -0.05) is 43.1 Å². The van der Waals surface area contributed by atoms with Crippen molar-refractivity contribution in [2.24, 2.45) is 0 Å². The van der Waals surface area contributed by atoms with Crippen molar-refractivity contribution < 1.29 is 19.0 Å². The Labute approximate surface area is 249 Å². The monoisotopic (exact) mass is 568 g/mol. The van der Waals surface area contributed by atoms with Gasteiger partial charge in [-0.15, -0.1) is 10.2 Å². The lowest BCUT2D eigenvalue weighted by Crippen LogP contribution is -2.39. The number of nitrogens with zero attached hydrogens (tertiary/aromatic N) is 4. The first kappa shape index (κ1) is 30.5. The number of halogens is 1. The molecule has 0 atom stereocenters. The van der Waals surface area contributed by atoms with E-state index in [0.717, 1.165) is 18.4 Å². The topological polar surface area (TPSA) is 113 Å². The van der Waals surface area contributed by atoms with E-state index in [4.69, 9.17) is 25.5 Å². The molecular weight excluding hydrogens is 537 g/mol. The van der Waals surface area contributed by atoms with Gasteiger partial charge in [-0.25, -0.2) is 0 Å². The van der Waals surface area contributed by atoms with E-state index in [2.05, 4.69) is 15.2 Å². The minimum absolute atomic E-state index is 0.132. The number of hydrogen-bond donors (Lipinski definition) is 1. The molecule has 2 aromatic carbocycles. The summed E-state index contributed by atoms with van der Waals surface area (Å²) >= 11 is 6.00. The highest BCUT2D eigenvalue weighted by Crippen LogP contribution is 2.40. The molecule has 0 spiro atoms. The summed E-state index contributed by atoms with van der Waals surface area (Å²) in [5.41, 5.74) is 0.457. The Morgan fingerprint density at radius 2 is 1.59 bits per heavy atom. The standard InChI is InChI=1S/C25H31B6ClN4O5/c1-2-3-7-17-33-21(37)19(22-35-34-18(39-22)12-13-8-10-14(32)11-9-13)23(38)36(17)20-15(40-24(26,27)28)5-4-6-16(20)41-25(29,30)31/h4-6,8-11,38H,2-3,7,12,26-31H2,1H3. The molecule has 0 unspecified atom stereocenters. The molecule has 2 heterocycles. The van der Waals surface area contributed by atoms with Gasteiger partial charge in [-0.2, -0.15) is 4.98 Å². The third kappa shape index (κ3) is 7.64. The van der Waals surface area contributed by atoms with Crippen molar-refractivity contribution in [2.75, 3.05) is 0 Å². The van der Waals surface area contributed by atoms with Crippen LogP contribution in [0, 0.1) is 0 Å². The molecule has 0 aliphatic rings. The molecule has 4 aromatic rings. The average molecular weight is 568 g/mol. The zero-order chi connectivity index (χ0) is 29.9.